The first-order valence-electron chi connectivity index (χ1n) is 10.7. The number of H-pyrrole nitrogens is 1. The summed E-state index contributed by atoms with van der Waals surface area (Å²) in [6, 6.07) is 12.6. The summed E-state index contributed by atoms with van der Waals surface area (Å²) in [5.74, 6) is 0.135. The van der Waals surface area contributed by atoms with Crippen LogP contribution in [-0.4, -0.2) is 33.9 Å². The summed E-state index contributed by atoms with van der Waals surface area (Å²) in [5, 5.41) is 13.3. The van der Waals surface area contributed by atoms with Crippen LogP contribution >= 0.6 is 0 Å². The first-order chi connectivity index (χ1) is 15.1. The fourth-order valence-corrected chi connectivity index (χ4v) is 3.42. The van der Waals surface area contributed by atoms with Gasteiger partial charge in [0.05, 0.1) is 0 Å². The van der Waals surface area contributed by atoms with Crippen molar-refractivity contribution in [1.82, 2.24) is 10.3 Å². The Balaban J connectivity index is 0.000000344. The molecule has 1 aromatic heterocycles. The van der Waals surface area contributed by atoms with Gasteiger partial charge in [-0.1, -0.05) is 38.0 Å². The van der Waals surface area contributed by atoms with E-state index in [0.717, 1.165) is 11.6 Å². The Labute approximate surface area is 187 Å². The summed E-state index contributed by atoms with van der Waals surface area (Å²) in [4.78, 5) is 45.8. The fraction of sp³-hybridized carbons (Fsp3) is 0.417. The summed E-state index contributed by atoms with van der Waals surface area (Å²) in [6.45, 7) is 5.14. The average molecular weight is 442 g/mol. The highest BCUT2D eigenvalue weighted by atomic mass is 16.4. The second kappa shape index (κ2) is 11.3. The van der Waals surface area contributed by atoms with Crippen molar-refractivity contribution in [2.45, 2.75) is 57.9 Å². The smallest absolute Gasteiger partial charge is 0.328 e. The monoisotopic (exact) mass is 441 g/mol. The number of carbonyl (C=O) groups excluding carboxylic acids is 2. The van der Waals surface area contributed by atoms with Crippen LogP contribution in [0.3, 0.4) is 0 Å². The van der Waals surface area contributed by atoms with Crippen LogP contribution in [0.1, 0.15) is 68.4 Å². The lowest BCUT2D eigenvalue weighted by Gasteiger charge is -2.26. The van der Waals surface area contributed by atoms with Gasteiger partial charge in [0.2, 0.25) is 12.0 Å². The quantitative estimate of drug-likeness (QED) is 0.510. The Bertz CT molecular complexity index is 974. The maximum atomic E-state index is 12.1. The predicted molar refractivity (Wildman–Crippen MR) is 123 cm³/mol. The molecule has 8 nitrogen and oxygen atoms in total. The zero-order valence-electron chi connectivity index (χ0n) is 18.7. The molecule has 0 bridgehead atoms. The number of nitrogens with one attached hydrogen (secondary N) is 3. The first-order valence-corrected chi connectivity index (χ1v) is 10.7. The van der Waals surface area contributed by atoms with Gasteiger partial charge in [0.15, 0.2) is 0 Å². The Morgan fingerprint density at radius 3 is 2.19 bits per heavy atom. The van der Waals surface area contributed by atoms with Gasteiger partial charge in [-0.05, 0) is 62.3 Å². The molecule has 8 heteroatoms. The lowest BCUT2D eigenvalue weighted by molar-refractivity contribution is -0.144. The van der Waals surface area contributed by atoms with E-state index in [1.165, 1.54) is 51.2 Å². The minimum atomic E-state index is -1.15. The van der Waals surface area contributed by atoms with Crippen molar-refractivity contribution >= 4 is 24.0 Å². The molecule has 2 aromatic rings. The van der Waals surface area contributed by atoms with Crippen LogP contribution in [0.15, 0.2) is 47.3 Å². The van der Waals surface area contributed by atoms with Crippen molar-refractivity contribution in [2.75, 3.05) is 5.32 Å². The minimum Gasteiger partial charge on any atom is -0.480 e. The molecule has 0 saturated heterocycles. The van der Waals surface area contributed by atoms with E-state index in [-0.39, 0.29) is 17.2 Å². The van der Waals surface area contributed by atoms with Crippen molar-refractivity contribution in [3.63, 3.8) is 0 Å². The lowest BCUT2D eigenvalue weighted by atomic mass is 9.79. The molecule has 1 fully saturated rings. The van der Waals surface area contributed by atoms with Crippen molar-refractivity contribution in [1.29, 1.82) is 0 Å². The molecule has 0 unspecified atom stereocenters. The molecule has 0 radical (unpaired) electrons. The number of aromatic nitrogens is 1. The Hall–Kier alpha value is -3.42. The molecule has 0 aliphatic heterocycles. The summed E-state index contributed by atoms with van der Waals surface area (Å²) in [7, 11) is 0. The van der Waals surface area contributed by atoms with Gasteiger partial charge in [0.1, 0.15) is 11.2 Å². The molecule has 32 heavy (non-hydrogen) atoms. The fourth-order valence-electron chi connectivity index (χ4n) is 3.42. The van der Waals surface area contributed by atoms with Gasteiger partial charge in [0, 0.05) is 11.8 Å². The second-order valence-corrected chi connectivity index (χ2v) is 8.65. The number of pyridine rings is 1. The number of carboxylic acids is 1. The minimum absolute atomic E-state index is 0.267. The van der Waals surface area contributed by atoms with E-state index in [1.54, 1.807) is 12.1 Å². The van der Waals surface area contributed by atoms with E-state index in [9.17, 15) is 19.2 Å². The third kappa shape index (κ3) is 7.37. The molecule has 1 heterocycles. The number of benzene rings is 1. The molecule has 172 valence electrons. The summed E-state index contributed by atoms with van der Waals surface area (Å²) < 4.78 is 0. The number of carbonyl (C=O) groups is 3. The highest BCUT2D eigenvalue weighted by Crippen LogP contribution is 2.35. The molecule has 3 rings (SSSR count). The number of anilines is 1. The maximum absolute atomic E-state index is 12.1. The number of hydrogen-bond acceptors (Lipinski definition) is 4. The number of carboxylic acid groups (broad SMARTS) is 1. The summed E-state index contributed by atoms with van der Waals surface area (Å²) >= 11 is 0. The van der Waals surface area contributed by atoms with E-state index >= 15 is 0 Å². The largest absolute Gasteiger partial charge is 0.480 e. The zero-order valence-corrected chi connectivity index (χ0v) is 18.7. The number of aromatic amines is 1. The molecule has 0 atom stereocenters. The highest BCUT2D eigenvalue weighted by molar-refractivity contribution is 6.02. The van der Waals surface area contributed by atoms with E-state index in [4.69, 9.17) is 5.11 Å². The number of aliphatic carboxylic acids is 1. The third-order valence-electron chi connectivity index (χ3n) is 5.62. The number of rotatable bonds is 6. The SMILES string of the molecule is CC(C)(NC=O)C(=O)O.CC1CCC(c2ccc(NC(=O)c3cccc(=O)[nH]3)cc2)CC1. The van der Waals surface area contributed by atoms with Crippen LogP contribution in [0.2, 0.25) is 0 Å². The van der Waals surface area contributed by atoms with Crippen molar-refractivity contribution in [2.24, 2.45) is 5.92 Å². The topological polar surface area (TPSA) is 128 Å². The Kier molecular flexibility index (Phi) is 8.75. The molecule has 2 amide bonds. The van der Waals surface area contributed by atoms with E-state index in [1.807, 2.05) is 12.1 Å². The van der Waals surface area contributed by atoms with Crippen molar-refractivity contribution in [3.05, 3.63) is 64.1 Å². The molecule has 1 aliphatic rings. The van der Waals surface area contributed by atoms with Gasteiger partial charge in [-0.2, -0.15) is 0 Å². The Morgan fingerprint density at radius 1 is 1.06 bits per heavy atom. The standard InChI is InChI=1S/C19H22N2O2.C5H9NO3/c1-13-5-7-14(8-6-13)15-9-11-16(12-10-15)20-19(23)17-3-2-4-18(22)21-17;1-5(2,4(8)9)6-3-7/h2-4,9-14H,5-8H2,1H3,(H,20,23)(H,21,22);3H,1-2H3,(H,6,7)(H,8,9). The third-order valence-corrected chi connectivity index (χ3v) is 5.62. The molecule has 0 spiro atoms. The molecular weight excluding hydrogens is 410 g/mol. The summed E-state index contributed by atoms with van der Waals surface area (Å²) in [6.07, 6.45) is 5.46. The van der Waals surface area contributed by atoms with Crippen molar-refractivity contribution < 1.29 is 19.5 Å². The lowest BCUT2D eigenvalue weighted by Crippen LogP contribution is -2.45. The van der Waals surface area contributed by atoms with Gasteiger partial charge in [-0.3, -0.25) is 14.4 Å². The molecular formula is C24H31N3O5. The number of hydrogen-bond donors (Lipinski definition) is 4. The van der Waals surface area contributed by atoms with Gasteiger partial charge in [0.25, 0.3) is 5.91 Å². The average Bonchev–Trinajstić information content (AvgIpc) is 2.75. The van der Waals surface area contributed by atoms with E-state index in [2.05, 4.69) is 34.7 Å². The van der Waals surface area contributed by atoms with Gasteiger partial charge in [-0.15, -0.1) is 0 Å². The Morgan fingerprint density at radius 2 is 1.69 bits per heavy atom. The van der Waals surface area contributed by atoms with Crippen LogP contribution in [0.4, 0.5) is 5.69 Å². The maximum Gasteiger partial charge on any atom is 0.328 e. The predicted octanol–water partition coefficient (Wildman–Crippen LogP) is 3.52. The van der Waals surface area contributed by atoms with Crippen LogP contribution < -0.4 is 16.2 Å². The van der Waals surface area contributed by atoms with Crippen LogP contribution in [-0.2, 0) is 9.59 Å². The van der Waals surface area contributed by atoms with Gasteiger partial charge < -0.3 is 20.7 Å². The molecule has 1 aliphatic carbocycles. The molecule has 4 N–H and O–H groups in total. The highest BCUT2D eigenvalue weighted by Gasteiger charge is 2.25. The van der Waals surface area contributed by atoms with E-state index < -0.39 is 11.5 Å². The molecule has 1 saturated carbocycles. The van der Waals surface area contributed by atoms with Crippen molar-refractivity contribution in [3.8, 4) is 0 Å². The second-order valence-electron chi connectivity index (χ2n) is 8.65. The normalized spacial score (nSPS) is 18.0. The van der Waals surface area contributed by atoms with Gasteiger partial charge in [-0.25, -0.2) is 4.79 Å². The molecule has 1 aromatic carbocycles. The summed E-state index contributed by atoms with van der Waals surface area (Å²) in [5.41, 5.74) is 0.930. The van der Waals surface area contributed by atoms with Gasteiger partial charge >= 0.3 is 5.97 Å². The zero-order chi connectivity index (χ0) is 23.7. The van der Waals surface area contributed by atoms with Crippen LogP contribution in [0, 0.1) is 5.92 Å². The number of amides is 2. The van der Waals surface area contributed by atoms with E-state index in [0.29, 0.717) is 12.3 Å². The first kappa shape index (κ1) is 24.8. The van der Waals surface area contributed by atoms with Crippen LogP contribution in [0.5, 0.6) is 0 Å². The van der Waals surface area contributed by atoms with Crippen LogP contribution in [0.25, 0.3) is 0 Å².